The minimum atomic E-state index is -1.10. The third-order valence-electron chi connectivity index (χ3n) is 9.22. The van der Waals surface area contributed by atoms with E-state index in [0.717, 1.165) is 48.5 Å². The van der Waals surface area contributed by atoms with E-state index in [0.29, 0.717) is 29.7 Å². The molecule has 1 aromatic carbocycles. The van der Waals surface area contributed by atoms with Crippen LogP contribution in [0.2, 0.25) is 0 Å². The number of rotatable bonds is 8. The van der Waals surface area contributed by atoms with Gasteiger partial charge in [-0.15, -0.1) is 0 Å². The van der Waals surface area contributed by atoms with Gasteiger partial charge < -0.3 is 30.6 Å². The molecule has 0 spiro atoms. The summed E-state index contributed by atoms with van der Waals surface area (Å²) in [5.74, 6) is 2.73. The maximum Gasteiger partial charge on any atom is 0.167 e. The fraction of sp³-hybridized carbons (Fsp3) is 0.571. The van der Waals surface area contributed by atoms with Gasteiger partial charge in [-0.05, 0) is 68.7 Å². The second-order valence-electron chi connectivity index (χ2n) is 11.7. The summed E-state index contributed by atoms with van der Waals surface area (Å²) in [5.41, 5.74) is 10.5. The molecular weight excluding hydrogens is 496 g/mol. The molecule has 0 radical (unpaired) electrons. The minimum absolute atomic E-state index is 0.265. The first kappa shape index (κ1) is 24.9. The van der Waals surface area contributed by atoms with E-state index in [-0.39, 0.29) is 5.82 Å². The summed E-state index contributed by atoms with van der Waals surface area (Å²) in [6.45, 7) is 0.531. The molecule has 0 bridgehead atoms. The third kappa shape index (κ3) is 4.47. The van der Waals surface area contributed by atoms with Gasteiger partial charge in [0.2, 0.25) is 0 Å². The molecule has 4 atom stereocenters. The van der Waals surface area contributed by atoms with E-state index >= 15 is 0 Å². The van der Waals surface area contributed by atoms with Crippen LogP contribution in [0.25, 0.3) is 22.2 Å². The number of nitrogens with one attached hydrogen (secondary N) is 1. The van der Waals surface area contributed by atoms with Gasteiger partial charge in [-0.25, -0.2) is 19.9 Å². The fourth-order valence-electron chi connectivity index (χ4n) is 6.43. The molecule has 5 N–H and O–H groups in total. The van der Waals surface area contributed by atoms with Gasteiger partial charge in [-0.1, -0.05) is 12.5 Å². The molecule has 1 saturated heterocycles. The molecule has 0 unspecified atom stereocenters. The van der Waals surface area contributed by atoms with Crippen molar-refractivity contribution in [3.8, 4) is 0 Å². The number of nitrogens with zero attached hydrogens (tertiary/aromatic N) is 6. The Hall–Kier alpha value is -3.12. The molecule has 3 aromatic heterocycles. The number of hydrogen-bond donors (Lipinski definition) is 4. The quantitative estimate of drug-likeness (QED) is 0.268. The Balaban J connectivity index is 0.915. The zero-order chi connectivity index (χ0) is 26.7. The van der Waals surface area contributed by atoms with Crippen LogP contribution < -0.4 is 5.73 Å². The number of nitrogen functional groups attached to an aromatic ring is 1. The van der Waals surface area contributed by atoms with Crippen LogP contribution in [-0.4, -0.2) is 82.5 Å². The Bertz CT molecular complexity index is 1480. The number of aliphatic hydroxyl groups is 2. The first-order chi connectivity index (χ1) is 18.9. The van der Waals surface area contributed by atoms with Crippen molar-refractivity contribution in [1.82, 2.24) is 34.4 Å². The van der Waals surface area contributed by atoms with Crippen LogP contribution in [0.15, 0.2) is 30.9 Å². The number of H-pyrrole nitrogens is 1. The second-order valence-corrected chi connectivity index (χ2v) is 11.7. The van der Waals surface area contributed by atoms with Crippen LogP contribution in [0, 0.1) is 5.92 Å². The molecule has 4 aromatic rings. The van der Waals surface area contributed by atoms with E-state index in [4.69, 9.17) is 15.5 Å². The first-order valence-electron chi connectivity index (χ1n) is 14.1. The molecule has 4 heterocycles. The molecule has 11 heteroatoms. The summed E-state index contributed by atoms with van der Waals surface area (Å²) < 4.78 is 7.75. The van der Waals surface area contributed by atoms with Gasteiger partial charge in [0.1, 0.15) is 36.0 Å². The Labute approximate surface area is 226 Å². The van der Waals surface area contributed by atoms with E-state index < -0.39 is 24.5 Å². The maximum absolute atomic E-state index is 10.8. The SMILES string of the molecule is CN(C[C@H]1O[C@@H](n2cnc3c(N)ncnc32)[C@H](O)[C@@H]1O)C1CC(CCc2nc3cc(C4CCC4)ccc3[nH]2)C1. The lowest BCUT2D eigenvalue weighted by Crippen LogP contribution is -2.47. The monoisotopic (exact) mass is 532 g/mol. The van der Waals surface area contributed by atoms with Gasteiger partial charge in [0.05, 0.1) is 17.4 Å². The molecular formula is C28H36N8O3. The van der Waals surface area contributed by atoms with Gasteiger partial charge >= 0.3 is 0 Å². The normalized spacial score (nSPS) is 29.3. The van der Waals surface area contributed by atoms with Crippen molar-refractivity contribution in [3.63, 3.8) is 0 Å². The molecule has 11 nitrogen and oxygen atoms in total. The number of imidazole rings is 2. The lowest BCUT2D eigenvalue weighted by Gasteiger charge is -2.42. The molecule has 3 fully saturated rings. The molecule has 39 heavy (non-hydrogen) atoms. The second kappa shape index (κ2) is 9.81. The number of likely N-dealkylation sites (N-methyl/N-ethyl adjacent to an activating group) is 1. The van der Waals surface area contributed by atoms with E-state index in [1.165, 1.54) is 37.5 Å². The highest BCUT2D eigenvalue weighted by Crippen LogP contribution is 2.38. The molecule has 2 saturated carbocycles. The number of aromatic amines is 1. The number of benzene rings is 1. The number of ether oxygens (including phenoxy) is 1. The molecule has 0 amide bonds. The van der Waals surface area contributed by atoms with E-state index in [1.807, 2.05) is 0 Å². The van der Waals surface area contributed by atoms with Crippen molar-refractivity contribution in [2.24, 2.45) is 5.92 Å². The van der Waals surface area contributed by atoms with Crippen molar-refractivity contribution in [3.05, 3.63) is 42.2 Å². The lowest BCUT2D eigenvalue weighted by atomic mass is 9.76. The predicted octanol–water partition coefficient (Wildman–Crippen LogP) is 2.51. The summed E-state index contributed by atoms with van der Waals surface area (Å²) in [5, 5.41) is 21.5. The van der Waals surface area contributed by atoms with Crippen molar-refractivity contribution in [1.29, 1.82) is 0 Å². The number of anilines is 1. The lowest BCUT2D eigenvalue weighted by molar-refractivity contribution is -0.0514. The van der Waals surface area contributed by atoms with E-state index in [1.54, 1.807) is 4.57 Å². The van der Waals surface area contributed by atoms with Gasteiger partial charge in [0.25, 0.3) is 0 Å². The van der Waals surface area contributed by atoms with Crippen LogP contribution in [0.5, 0.6) is 0 Å². The van der Waals surface area contributed by atoms with Crippen molar-refractivity contribution in [2.75, 3.05) is 19.3 Å². The molecule has 2 aliphatic carbocycles. The maximum atomic E-state index is 10.8. The fourth-order valence-corrected chi connectivity index (χ4v) is 6.43. The topological polar surface area (TPSA) is 151 Å². The highest BCUT2D eigenvalue weighted by Gasteiger charge is 2.45. The smallest absolute Gasteiger partial charge is 0.167 e. The summed E-state index contributed by atoms with van der Waals surface area (Å²) in [6.07, 6.45) is 7.70. The Kier molecular flexibility index (Phi) is 6.26. The number of hydrogen-bond acceptors (Lipinski definition) is 9. The van der Waals surface area contributed by atoms with Gasteiger partial charge in [-0.2, -0.15) is 0 Å². The van der Waals surface area contributed by atoms with E-state index in [2.05, 4.69) is 50.1 Å². The number of nitrogens with two attached hydrogens (primary N) is 1. The van der Waals surface area contributed by atoms with Gasteiger partial charge in [0.15, 0.2) is 17.7 Å². The summed E-state index contributed by atoms with van der Waals surface area (Å²) in [7, 11) is 2.07. The number of aryl methyl sites for hydroxylation is 1. The van der Waals surface area contributed by atoms with Crippen molar-refractivity contribution >= 4 is 28.0 Å². The summed E-state index contributed by atoms with van der Waals surface area (Å²) in [6, 6.07) is 7.15. The van der Waals surface area contributed by atoms with Crippen LogP contribution >= 0.6 is 0 Å². The largest absolute Gasteiger partial charge is 0.387 e. The Morgan fingerprint density at radius 3 is 2.79 bits per heavy atom. The Morgan fingerprint density at radius 2 is 2.00 bits per heavy atom. The predicted molar refractivity (Wildman–Crippen MR) is 146 cm³/mol. The number of aliphatic hydroxyl groups excluding tert-OH is 2. The average molecular weight is 533 g/mol. The number of aromatic nitrogens is 6. The summed E-state index contributed by atoms with van der Waals surface area (Å²) >= 11 is 0. The molecule has 7 rings (SSSR count). The van der Waals surface area contributed by atoms with Gasteiger partial charge in [-0.3, -0.25) is 4.57 Å². The number of fused-ring (bicyclic) bond motifs is 2. The minimum Gasteiger partial charge on any atom is -0.387 e. The molecule has 1 aliphatic heterocycles. The first-order valence-corrected chi connectivity index (χ1v) is 14.1. The zero-order valence-electron chi connectivity index (χ0n) is 22.1. The highest BCUT2D eigenvalue weighted by atomic mass is 16.6. The van der Waals surface area contributed by atoms with Crippen LogP contribution in [0.3, 0.4) is 0 Å². The third-order valence-corrected chi connectivity index (χ3v) is 9.22. The Morgan fingerprint density at radius 1 is 1.15 bits per heavy atom. The zero-order valence-corrected chi connectivity index (χ0v) is 22.1. The van der Waals surface area contributed by atoms with Crippen molar-refractivity contribution in [2.45, 2.75) is 81.4 Å². The molecule has 206 valence electrons. The van der Waals surface area contributed by atoms with Crippen LogP contribution in [0.1, 0.15) is 62.1 Å². The highest BCUT2D eigenvalue weighted by molar-refractivity contribution is 5.81. The summed E-state index contributed by atoms with van der Waals surface area (Å²) in [4.78, 5) is 23.1. The van der Waals surface area contributed by atoms with Gasteiger partial charge in [0, 0.05) is 19.0 Å². The van der Waals surface area contributed by atoms with Crippen LogP contribution in [0.4, 0.5) is 5.82 Å². The molecule has 3 aliphatic rings. The van der Waals surface area contributed by atoms with E-state index in [9.17, 15) is 10.2 Å². The van der Waals surface area contributed by atoms with Crippen molar-refractivity contribution < 1.29 is 14.9 Å². The van der Waals surface area contributed by atoms with Crippen LogP contribution in [-0.2, 0) is 11.2 Å². The standard InChI is InChI=1S/C28H36N8O3/c1-35(12-21-24(37)25(38)28(39-21)36-14-32-23-26(29)30-13-31-27(23)36)18-9-15(10-18)5-8-22-33-19-7-6-17(11-20(19)34-22)16-3-2-4-16/h6-7,11,13-16,18,21,24-25,28,37-38H,2-5,8-10,12H2,1H3,(H,33,34)(H2,29,30,31)/t15?,18?,21-,24-,25-,28-/m1/s1. The average Bonchev–Trinajstić information content (AvgIpc) is 3.54.